The van der Waals surface area contributed by atoms with Gasteiger partial charge < -0.3 is 9.47 Å². The predicted octanol–water partition coefficient (Wildman–Crippen LogP) is 4.61. The van der Waals surface area contributed by atoms with Gasteiger partial charge >= 0.3 is 0 Å². The number of hydrogen-bond acceptors (Lipinski definition) is 5. The molecule has 1 atom stereocenters. The largest absolute Gasteiger partial charge is 0.489 e. The first kappa shape index (κ1) is 17.9. The number of nitriles is 2. The van der Waals surface area contributed by atoms with Crippen LogP contribution in [0.25, 0.3) is 11.1 Å². The van der Waals surface area contributed by atoms with E-state index >= 15 is 0 Å². The van der Waals surface area contributed by atoms with E-state index in [9.17, 15) is 10.5 Å². The average Bonchev–Trinajstić information content (AvgIpc) is 2.80. The van der Waals surface area contributed by atoms with E-state index in [1.54, 1.807) is 6.07 Å². The first-order valence-electron chi connectivity index (χ1n) is 10.1. The van der Waals surface area contributed by atoms with Crippen molar-refractivity contribution in [1.29, 1.82) is 10.5 Å². The number of benzene rings is 2. The van der Waals surface area contributed by atoms with Crippen LogP contribution < -0.4 is 4.74 Å². The summed E-state index contributed by atoms with van der Waals surface area (Å²) < 4.78 is 12.5. The van der Waals surface area contributed by atoms with Gasteiger partial charge in [-0.3, -0.25) is 0 Å². The topological polar surface area (TPSA) is 78.4 Å². The van der Waals surface area contributed by atoms with Gasteiger partial charge in [-0.25, -0.2) is 0 Å². The summed E-state index contributed by atoms with van der Waals surface area (Å²) in [7, 11) is 0. The van der Waals surface area contributed by atoms with Crippen LogP contribution in [-0.2, 0) is 4.74 Å². The molecule has 2 saturated heterocycles. The zero-order chi connectivity index (χ0) is 19.8. The van der Waals surface area contributed by atoms with Crippen molar-refractivity contribution >= 4 is 5.71 Å². The minimum absolute atomic E-state index is 0.0163. The molecule has 2 aromatic rings. The molecule has 0 aromatic heterocycles. The van der Waals surface area contributed by atoms with Gasteiger partial charge in [0.05, 0.1) is 30.1 Å². The van der Waals surface area contributed by atoms with Crippen molar-refractivity contribution in [2.45, 2.75) is 44.3 Å². The quantitative estimate of drug-likeness (QED) is 0.710. The van der Waals surface area contributed by atoms with Crippen molar-refractivity contribution in [2.24, 2.45) is 10.4 Å². The Balaban J connectivity index is 1.52. The van der Waals surface area contributed by atoms with Gasteiger partial charge in [0.15, 0.2) is 0 Å². The molecule has 5 heteroatoms. The summed E-state index contributed by atoms with van der Waals surface area (Å²) >= 11 is 0. The lowest BCUT2D eigenvalue weighted by atomic mass is 9.66. The minimum atomic E-state index is -0.0175. The number of nitrogens with zero attached hydrogens (tertiary/aromatic N) is 3. The molecule has 2 aromatic carbocycles. The summed E-state index contributed by atoms with van der Waals surface area (Å²) in [4.78, 5) is 4.17. The van der Waals surface area contributed by atoms with Gasteiger partial charge in [-0.05, 0) is 61.1 Å². The summed E-state index contributed by atoms with van der Waals surface area (Å²) in [6.45, 7) is 0.733. The standard InChI is InChI=1S/C24H21N3O2/c25-13-16-2-1-3-17(10-16)18-4-5-22-20(11-18)21(27-15-26)12-23(29-22)24-8-6-19(7-9-24)28-14-24/h1-5,10-11,19,23H,6-9,12,14H2/b27-21+. The molecule has 1 saturated carbocycles. The molecule has 3 heterocycles. The van der Waals surface area contributed by atoms with Gasteiger partial charge in [0.25, 0.3) is 0 Å². The van der Waals surface area contributed by atoms with Crippen LogP contribution in [0.15, 0.2) is 47.5 Å². The van der Waals surface area contributed by atoms with Crippen molar-refractivity contribution in [3.8, 4) is 29.1 Å². The van der Waals surface area contributed by atoms with E-state index in [0.717, 1.165) is 60.4 Å². The number of rotatable bonds is 2. The molecule has 5 nitrogen and oxygen atoms in total. The first-order valence-corrected chi connectivity index (χ1v) is 10.1. The van der Waals surface area contributed by atoms with E-state index in [1.807, 2.05) is 42.6 Å². The summed E-state index contributed by atoms with van der Waals surface area (Å²) in [5.74, 6) is 0.775. The molecule has 3 fully saturated rings. The molecule has 4 aliphatic rings. The van der Waals surface area contributed by atoms with Crippen molar-refractivity contribution < 1.29 is 9.47 Å². The van der Waals surface area contributed by atoms with Crippen LogP contribution in [0.4, 0.5) is 0 Å². The van der Waals surface area contributed by atoms with E-state index in [4.69, 9.17) is 9.47 Å². The van der Waals surface area contributed by atoms with Crippen LogP contribution in [0.2, 0.25) is 0 Å². The zero-order valence-corrected chi connectivity index (χ0v) is 16.1. The third-order valence-electron chi connectivity index (χ3n) is 6.67. The lowest BCUT2D eigenvalue weighted by molar-refractivity contribution is -0.152. The second-order valence-corrected chi connectivity index (χ2v) is 8.25. The molecule has 1 unspecified atom stereocenters. The van der Waals surface area contributed by atoms with Crippen LogP contribution in [0.1, 0.15) is 43.2 Å². The SMILES string of the molecule is N#C/N=C1\CC(C23CCC(CC2)OC3)Oc2ccc(-c3cccc(C#N)c3)cc21. The van der Waals surface area contributed by atoms with E-state index < -0.39 is 0 Å². The molecule has 29 heavy (non-hydrogen) atoms. The van der Waals surface area contributed by atoms with Gasteiger partial charge in [0.1, 0.15) is 11.9 Å². The van der Waals surface area contributed by atoms with Crippen LogP contribution in [-0.4, -0.2) is 24.5 Å². The maximum Gasteiger partial charge on any atom is 0.205 e. The maximum absolute atomic E-state index is 9.29. The van der Waals surface area contributed by atoms with E-state index in [1.165, 1.54) is 0 Å². The molecule has 0 spiro atoms. The maximum atomic E-state index is 9.29. The number of fused-ring (bicyclic) bond motifs is 4. The fraction of sp³-hybridized carbons (Fsp3) is 0.375. The molecule has 0 radical (unpaired) electrons. The zero-order valence-electron chi connectivity index (χ0n) is 16.1. The summed E-state index contributed by atoms with van der Waals surface area (Å²) in [5, 5.41) is 18.5. The van der Waals surface area contributed by atoms with Crippen LogP contribution in [0.3, 0.4) is 0 Å². The van der Waals surface area contributed by atoms with E-state index in [0.29, 0.717) is 18.1 Å². The Morgan fingerprint density at radius 1 is 1.03 bits per heavy atom. The molecule has 0 amide bonds. The Morgan fingerprint density at radius 3 is 2.59 bits per heavy atom. The fourth-order valence-corrected chi connectivity index (χ4v) is 4.97. The summed E-state index contributed by atoms with van der Waals surface area (Å²) in [6.07, 6.45) is 7.38. The Labute approximate surface area is 170 Å². The minimum Gasteiger partial charge on any atom is -0.489 e. The average molecular weight is 383 g/mol. The normalized spacial score (nSPS) is 28.8. The van der Waals surface area contributed by atoms with Crippen LogP contribution in [0, 0.1) is 28.2 Å². The van der Waals surface area contributed by atoms with Crippen molar-refractivity contribution in [2.75, 3.05) is 6.61 Å². The van der Waals surface area contributed by atoms with Gasteiger partial charge in [-0.15, -0.1) is 0 Å². The Morgan fingerprint density at radius 2 is 1.86 bits per heavy atom. The fourth-order valence-electron chi connectivity index (χ4n) is 4.97. The predicted molar refractivity (Wildman–Crippen MR) is 108 cm³/mol. The van der Waals surface area contributed by atoms with Gasteiger partial charge in [0, 0.05) is 17.4 Å². The van der Waals surface area contributed by atoms with Crippen LogP contribution in [0.5, 0.6) is 5.75 Å². The Kier molecular flexibility index (Phi) is 4.34. The summed E-state index contributed by atoms with van der Waals surface area (Å²) in [5.41, 5.74) is 4.22. The number of hydrogen-bond donors (Lipinski definition) is 0. The smallest absolute Gasteiger partial charge is 0.205 e. The molecule has 144 valence electrons. The van der Waals surface area contributed by atoms with Gasteiger partial charge in [-0.2, -0.15) is 15.5 Å². The lowest BCUT2D eigenvalue weighted by Gasteiger charge is -2.51. The molecule has 1 aliphatic carbocycles. The van der Waals surface area contributed by atoms with Crippen molar-refractivity contribution in [1.82, 2.24) is 0 Å². The van der Waals surface area contributed by atoms with E-state index in [-0.39, 0.29) is 11.5 Å². The van der Waals surface area contributed by atoms with Crippen molar-refractivity contribution in [3.05, 3.63) is 53.6 Å². The summed E-state index contributed by atoms with van der Waals surface area (Å²) in [6, 6.07) is 15.7. The first-order chi connectivity index (χ1) is 14.2. The molecule has 0 N–H and O–H groups in total. The van der Waals surface area contributed by atoms with Gasteiger partial charge in [-0.1, -0.05) is 18.2 Å². The van der Waals surface area contributed by atoms with Crippen LogP contribution >= 0.6 is 0 Å². The van der Waals surface area contributed by atoms with E-state index in [2.05, 4.69) is 11.1 Å². The molecular formula is C24H21N3O2. The number of ether oxygens (including phenoxy) is 2. The van der Waals surface area contributed by atoms with Crippen molar-refractivity contribution in [3.63, 3.8) is 0 Å². The highest BCUT2D eigenvalue weighted by Gasteiger charge is 2.49. The van der Waals surface area contributed by atoms with Gasteiger partial charge in [0.2, 0.25) is 6.19 Å². The third kappa shape index (κ3) is 3.09. The molecule has 3 aliphatic heterocycles. The molecular weight excluding hydrogens is 362 g/mol. The highest BCUT2D eigenvalue weighted by molar-refractivity contribution is 6.05. The molecule has 2 bridgehead atoms. The second-order valence-electron chi connectivity index (χ2n) is 8.25. The highest BCUT2D eigenvalue weighted by Crippen LogP contribution is 2.49. The number of aliphatic imine (C=N–C) groups is 1. The lowest BCUT2D eigenvalue weighted by Crippen LogP contribution is -2.53. The molecule has 6 rings (SSSR count). The Hall–Kier alpha value is -3.15. The third-order valence-corrected chi connectivity index (χ3v) is 6.67. The second kappa shape index (κ2) is 7.03. The highest BCUT2D eigenvalue weighted by atomic mass is 16.5. The monoisotopic (exact) mass is 383 g/mol. The Bertz CT molecular complexity index is 1050.